The Hall–Kier alpha value is -4.39. The third kappa shape index (κ3) is 4.93. The number of hydrogen-bond acceptors (Lipinski definition) is 6. The third-order valence-electron chi connectivity index (χ3n) is 4.96. The lowest BCUT2D eigenvalue weighted by molar-refractivity contribution is 0.0730. The van der Waals surface area contributed by atoms with Gasteiger partial charge in [-0.25, -0.2) is 10.2 Å². The molecule has 1 amide bonds. The third-order valence-corrected chi connectivity index (χ3v) is 4.96. The number of benzene rings is 3. The first-order chi connectivity index (χ1) is 16.1. The van der Waals surface area contributed by atoms with Crippen molar-refractivity contribution in [3.63, 3.8) is 0 Å². The maximum atomic E-state index is 12.9. The Balaban J connectivity index is 1.51. The highest BCUT2D eigenvalue weighted by Gasteiger charge is 2.16. The number of nitrogens with zero attached hydrogens (tertiary/aromatic N) is 1. The molecular weight excluding hydrogens is 420 g/mol. The molecule has 1 heterocycles. The molecule has 7 heteroatoms. The van der Waals surface area contributed by atoms with Crippen LogP contribution in [0, 0.1) is 6.92 Å². The molecule has 7 nitrogen and oxygen atoms in total. The predicted molar refractivity (Wildman–Crippen MR) is 125 cm³/mol. The summed E-state index contributed by atoms with van der Waals surface area (Å²) in [5.41, 5.74) is 4.00. The van der Waals surface area contributed by atoms with E-state index >= 15 is 0 Å². The van der Waals surface area contributed by atoms with Gasteiger partial charge in [-0.05, 0) is 60.5 Å². The zero-order chi connectivity index (χ0) is 23.2. The summed E-state index contributed by atoms with van der Waals surface area (Å²) in [7, 11) is 0. The van der Waals surface area contributed by atoms with Gasteiger partial charge >= 0.3 is 5.97 Å². The van der Waals surface area contributed by atoms with Gasteiger partial charge in [-0.3, -0.25) is 4.79 Å². The summed E-state index contributed by atoms with van der Waals surface area (Å²) in [6.07, 6.45) is 2.92. The lowest BCUT2D eigenvalue weighted by Crippen LogP contribution is -2.17. The summed E-state index contributed by atoms with van der Waals surface area (Å²) < 4.78 is 16.5. The van der Waals surface area contributed by atoms with Gasteiger partial charge in [0.05, 0.1) is 30.2 Å². The molecule has 3 aromatic carbocycles. The molecule has 0 unspecified atom stereocenters. The minimum atomic E-state index is -0.475. The molecule has 0 radical (unpaired) electrons. The largest absolute Gasteiger partial charge is 0.490 e. The number of carbonyl (C=O) groups is 2. The predicted octanol–water partition coefficient (Wildman–Crippen LogP) is 5.12. The van der Waals surface area contributed by atoms with Gasteiger partial charge in [0, 0.05) is 0 Å². The van der Waals surface area contributed by atoms with Crippen molar-refractivity contribution in [2.45, 2.75) is 13.8 Å². The van der Waals surface area contributed by atoms with E-state index in [1.54, 1.807) is 37.3 Å². The van der Waals surface area contributed by atoms with Crippen LogP contribution >= 0.6 is 0 Å². The van der Waals surface area contributed by atoms with Gasteiger partial charge in [0.1, 0.15) is 5.76 Å². The van der Waals surface area contributed by atoms with Crippen LogP contribution in [0.1, 0.15) is 39.0 Å². The number of hydrazone groups is 1. The van der Waals surface area contributed by atoms with Crippen LogP contribution < -0.4 is 14.9 Å². The van der Waals surface area contributed by atoms with Gasteiger partial charge in [-0.2, -0.15) is 5.10 Å². The van der Waals surface area contributed by atoms with Gasteiger partial charge in [0.15, 0.2) is 11.5 Å². The van der Waals surface area contributed by atoms with E-state index < -0.39 is 5.97 Å². The van der Waals surface area contributed by atoms with Crippen molar-refractivity contribution in [2.75, 3.05) is 6.61 Å². The summed E-state index contributed by atoms with van der Waals surface area (Å²) in [6.45, 7) is 3.92. The first-order valence-corrected chi connectivity index (χ1v) is 10.4. The van der Waals surface area contributed by atoms with E-state index in [4.69, 9.17) is 13.9 Å². The van der Waals surface area contributed by atoms with Crippen LogP contribution in [0.4, 0.5) is 0 Å². The van der Waals surface area contributed by atoms with Crippen LogP contribution in [0.2, 0.25) is 0 Å². The zero-order valence-electron chi connectivity index (χ0n) is 18.2. The molecule has 1 aromatic heterocycles. The number of fused-ring (bicyclic) bond motifs is 1. The average Bonchev–Trinajstić information content (AvgIpc) is 3.26. The van der Waals surface area contributed by atoms with E-state index in [0.717, 1.165) is 10.8 Å². The monoisotopic (exact) mass is 442 g/mol. The number of nitrogens with one attached hydrogen (secondary N) is 1. The van der Waals surface area contributed by atoms with Crippen LogP contribution in [0.15, 0.2) is 82.5 Å². The SMILES string of the molecule is CCOc1cc(/C=N/NC(=O)c2ccoc2C)ccc1OC(=O)c1cccc2ccccc12. The highest BCUT2D eigenvalue weighted by atomic mass is 16.6. The van der Waals surface area contributed by atoms with E-state index in [1.807, 2.05) is 43.3 Å². The maximum Gasteiger partial charge on any atom is 0.344 e. The second kappa shape index (κ2) is 9.82. The Labute approximate surface area is 190 Å². The lowest BCUT2D eigenvalue weighted by Gasteiger charge is -2.12. The fourth-order valence-corrected chi connectivity index (χ4v) is 3.36. The number of ether oxygens (including phenoxy) is 2. The molecule has 4 rings (SSSR count). The minimum absolute atomic E-state index is 0.296. The van der Waals surface area contributed by atoms with Crippen molar-refractivity contribution in [2.24, 2.45) is 5.10 Å². The van der Waals surface area contributed by atoms with Gasteiger partial charge in [0.2, 0.25) is 0 Å². The first kappa shape index (κ1) is 21.8. The summed E-state index contributed by atoms with van der Waals surface area (Å²) >= 11 is 0. The highest BCUT2D eigenvalue weighted by Crippen LogP contribution is 2.30. The van der Waals surface area contributed by atoms with Crippen molar-refractivity contribution in [3.8, 4) is 11.5 Å². The second-order valence-corrected chi connectivity index (χ2v) is 7.15. The Bertz CT molecular complexity index is 1330. The highest BCUT2D eigenvalue weighted by molar-refractivity contribution is 6.05. The number of furan rings is 1. The first-order valence-electron chi connectivity index (χ1n) is 10.4. The molecule has 0 aliphatic rings. The summed E-state index contributed by atoms with van der Waals surface area (Å²) in [5, 5.41) is 5.75. The lowest BCUT2D eigenvalue weighted by atomic mass is 10.0. The fourth-order valence-electron chi connectivity index (χ4n) is 3.36. The number of carbonyl (C=O) groups excluding carboxylic acids is 2. The number of hydrogen-bond donors (Lipinski definition) is 1. The summed E-state index contributed by atoms with van der Waals surface area (Å²) in [5.74, 6) is 0.357. The van der Waals surface area contributed by atoms with Gasteiger partial charge in [-0.15, -0.1) is 0 Å². The quantitative estimate of drug-likeness (QED) is 0.186. The normalized spacial score (nSPS) is 11.0. The van der Waals surface area contributed by atoms with Crippen molar-refractivity contribution < 1.29 is 23.5 Å². The Kier molecular flexibility index (Phi) is 6.50. The Morgan fingerprint density at radius 3 is 2.61 bits per heavy atom. The summed E-state index contributed by atoms with van der Waals surface area (Å²) in [6, 6.07) is 19.7. The Morgan fingerprint density at radius 2 is 1.82 bits per heavy atom. The number of esters is 1. The molecule has 0 fully saturated rings. The number of amides is 1. The molecule has 0 bridgehead atoms. The molecule has 0 saturated carbocycles. The van der Waals surface area contributed by atoms with Gasteiger partial charge < -0.3 is 13.9 Å². The van der Waals surface area contributed by atoms with Crippen LogP contribution in [0.5, 0.6) is 11.5 Å². The van der Waals surface area contributed by atoms with E-state index in [9.17, 15) is 9.59 Å². The zero-order valence-corrected chi connectivity index (χ0v) is 18.2. The smallest absolute Gasteiger partial charge is 0.344 e. The minimum Gasteiger partial charge on any atom is -0.490 e. The van der Waals surface area contributed by atoms with E-state index in [-0.39, 0.29) is 5.91 Å². The van der Waals surface area contributed by atoms with Crippen LogP contribution in [-0.2, 0) is 0 Å². The molecule has 0 aliphatic heterocycles. The topological polar surface area (TPSA) is 90.1 Å². The molecule has 1 N–H and O–H groups in total. The second-order valence-electron chi connectivity index (χ2n) is 7.15. The van der Waals surface area contributed by atoms with E-state index in [1.165, 1.54) is 12.5 Å². The summed E-state index contributed by atoms with van der Waals surface area (Å²) in [4.78, 5) is 25.0. The molecule has 33 heavy (non-hydrogen) atoms. The molecule has 166 valence electrons. The average molecular weight is 442 g/mol. The fraction of sp³-hybridized carbons (Fsp3) is 0.115. The molecule has 0 aliphatic carbocycles. The van der Waals surface area contributed by atoms with Crippen molar-refractivity contribution in [1.82, 2.24) is 5.43 Å². The van der Waals surface area contributed by atoms with E-state index in [2.05, 4.69) is 10.5 Å². The Morgan fingerprint density at radius 1 is 1.00 bits per heavy atom. The standard InChI is InChI=1S/C26H22N2O5/c1-3-31-24-15-18(16-27-28-25(29)20-13-14-32-17(20)2)11-12-23(24)33-26(30)22-10-6-8-19-7-4-5-9-21(19)22/h4-16H,3H2,1-2H3,(H,28,29)/b27-16+. The van der Waals surface area contributed by atoms with Crippen molar-refractivity contribution in [1.29, 1.82) is 0 Å². The molecule has 0 spiro atoms. The number of aryl methyl sites for hydroxylation is 1. The van der Waals surface area contributed by atoms with Crippen LogP contribution in [-0.4, -0.2) is 24.7 Å². The van der Waals surface area contributed by atoms with Crippen LogP contribution in [0.3, 0.4) is 0 Å². The van der Waals surface area contributed by atoms with E-state index in [0.29, 0.717) is 40.6 Å². The molecule has 0 saturated heterocycles. The number of rotatable bonds is 7. The maximum absolute atomic E-state index is 12.9. The molecular formula is C26H22N2O5. The van der Waals surface area contributed by atoms with Crippen LogP contribution in [0.25, 0.3) is 10.8 Å². The molecule has 4 aromatic rings. The molecule has 0 atom stereocenters. The van der Waals surface area contributed by atoms with Gasteiger partial charge in [0.25, 0.3) is 5.91 Å². The van der Waals surface area contributed by atoms with Crippen molar-refractivity contribution in [3.05, 3.63) is 95.4 Å². The van der Waals surface area contributed by atoms with Crippen molar-refractivity contribution >= 4 is 28.9 Å². The van der Waals surface area contributed by atoms with Gasteiger partial charge in [-0.1, -0.05) is 36.4 Å².